The predicted octanol–water partition coefficient (Wildman–Crippen LogP) is 3.37. The Hall–Kier alpha value is -2.23. The normalized spacial score (nSPS) is 12.2. The number of allylic oxidation sites excluding steroid dienone is 1. The highest BCUT2D eigenvalue weighted by Gasteiger charge is 2.09. The second-order valence-corrected chi connectivity index (χ2v) is 4.86. The Labute approximate surface area is 125 Å². The van der Waals surface area contributed by atoms with E-state index in [4.69, 9.17) is 4.42 Å². The Kier molecular flexibility index (Phi) is 5.43. The van der Waals surface area contributed by atoms with Crippen LogP contribution >= 0.6 is 0 Å². The molecule has 2 rings (SSSR count). The van der Waals surface area contributed by atoms with E-state index in [1.54, 1.807) is 7.05 Å². The van der Waals surface area contributed by atoms with E-state index in [0.717, 1.165) is 30.3 Å². The molecule has 0 radical (unpaired) electrons. The topological polar surface area (TPSA) is 49.6 Å². The molecule has 0 saturated heterocycles. The average molecular weight is 285 g/mol. The number of para-hydroxylation sites is 1. The molecule has 2 N–H and O–H groups in total. The molecule has 0 saturated carbocycles. The van der Waals surface area contributed by atoms with Gasteiger partial charge < -0.3 is 15.1 Å². The van der Waals surface area contributed by atoms with E-state index in [0.29, 0.717) is 6.54 Å². The molecule has 1 aromatic heterocycles. The maximum Gasteiger partial charge on any atom is 0.191 e. The molecule has 0 unspecified atom stereocenters. The van der Waals surface area contributed by atoms with Gasteiger partial charge in [0.1, 0.15) is 11.3 Å². The van der Waals surface area contributed by atoms with E-state index in [-0.39, 0.29) is 0 Å². The molecule has 2 aromatic rings. The van der Waals surface area contributed by atoms with Crippen molar-refractivity contribution in [3.8, 4) is 0 Å². The Morgan fingerprint density at radius 1 is 1.29 bits per heavy atom. The number of guanidine groups is 1. The van der Waals surface area contributed by atoms with Gasteiger partial charge in [-0.15, -0.1) is 0 Å². The Morgan fingerprint density at radius 3 is 2.81 bits per heavy atom. The van der Waals surface area contributed by atoms with E-state index >= 15 is 0 Å². The van der Waals surface area contributed by atoms with Gasteiger partial charge in [-0.05, 0) is 26.3 Å². The third-order valence-electron chi connectivity index (χ3n) is 3.42. The summed E-state index contributed by atoms with van der Waals surface area (Å²) in [5.74, 6) is 1.74. The van der Waals surface area contributed by atoms with Crippen molar-refractivity contribution in [1.29, 1.82) is 0 Å². The summed E-state index contributed by atoms with van der Waals surface area (Å²) in [5.41, 5.74) is 2.12. The van der Waals surface area contributed by atoms with E-state index in [1.165, 1.54) is 10.9 Å². The number of fused-ring (bicyclic) bond motifs is 1. The van der Waals surface area contributed by atoms with Gasteiger partial charge in [0.15, 0.2) is 5.96 Å². The first-order valence-corrected chi connectivity index (χ1v) is 7.29. The highest BCUT2D eigenvalue weighted by Crippen LogP contribution is 2.24. The van der Waals surface area contributed by atoms with Gasteiger partial charge in [-0.2, -0.15) is 0 Å². The van der Waals surface area contributed by atoms with Gasteiger partial charge in [0.05, 0.1) is 6.54 Å². The molecule has 0 atom stereocenters. The second-order valence-electron chi connectivity index (χ2n) is 4.86. The smallest absolute Gasteiger partial charge is 0.191 e. The number of rotatable bonds is 5. The molecule has 1 aromatic carbocycles. The first-order valence-electron chi connectivity index (χ1n) is 7.29. The quantitative estimate of drug-likeness (QED) is 0.383. The number of benzene rings is 1. The average Bonchev–Trinajstić information content (AvgIpc) is 2.83. The largest absolute Gasteiger partial charge is 0.459 e. The van der Waals surface area contributed by atoms with Crippen LogP contribution < -0.4 is 10.6 Å². The predicted molar refractivity (Wildman–Crippen MR) is 88.6 cm³/mol. The number of furan rings is 1. The molecule has 21 heavy (non-hydrogen) atoms. The van der Waals surface area contributed by atoms with Gasteiger partial charge in [0.25, 0.3) is 0 Å². The second kappa shape index (κ2) is 7.53. The van der Waals surface area contributed by atoms with Crippen LogP contribution in [-0.2, 0) is 6.54 Å². The lowest BCUT2D eigenvalue weighted by molar-refractivity contribution is 0.534. The molecule has 0 aliphatic carbocycles. The molecular formula is C17H23N3O. The van der Waals surface area contributed by atoms with Crippen molar-refractivity contribution >= 4 is 16.9 Å². The summed E-state index contributed by atoms with van der Waals surface area (Å²) in [6.45, 7) is 5.61. The Bertz CT molecular complexity index is 641. The van der Waals surface area contributed by atoms with E-state index in [9.17, 15) is 0 Å². The number of hydrogen-bond acceptors (Lipinski definition) is 2. The lowest BCUT2D eigenvalue weighted by Gasteiger charge is -2.10. The van der Waals surface area contributed by atoms with Crippen LogP contribution in [0.4, 0.5) is 0 Å². The molecule has 0 amide bonds. The molecule has 0 spiro atoms. The van der Waals surface area contributed by atoms with Crippen molar-refractivity contribution in [2.45, 2.75) is 26.8 Å². The van der Waals surface area contributed by atoms with Crippen molar-refractivity contribution in [1.82, 2.24) is 10.6 Å². The first kappa shape index (κ1) is 15.2. The zero-order valence-corrected chi connectivity index (χ0v) is 12.9. The standard InChI is InChI=1S/C17H23N3O/c1-4-5-8-11-19-17(18-3)20-12-16-13(2)14-9-6-7-10-15(14)21-16/h4-7,9-10H,8,11-12H2,1-3H3,(H2,18,19,20)/b5-4+. The number of hydrogen-bond donors (Lipinski definition) is 2. The zero-order chi connectivity index (χ0) is 15.1. The monoisotopic (exact) mass is 285 g/mol. The molecule has 0 fully saturated rings. The van der Waals surface area contributed by atoms with Crippen LogP contribution in [0.3, 0.4) is 0 Å². The van der Waals surface area contributed by atoms with Crippen LogP contribution in [-0.4, -0.2) is 19.6 Å². The van der Waals surface area contributed by atoms with Gasteiger partial charge in [-0.3, -0.25) is 4.99 Å². The molecule has 1 heterocycles. The van der Waals surface area contributed by atoms with Crippen LogP contribution in [0.1, 0.15) is 24.7 Å². The summed E-state index contributed by atoms with van der Waals surface area (Å²) < 4.78 is 5.88. The minimum Gasteiger partial charge on any atom is -0.459 e. The fraction of sp³-hybridized carbons (Fsp3) is 0.353. The van der Waals surface area contributed by atoms with Crippen molar-refractivity contribution in [2.75, 3.05) is 13.6 Å². The van der Waals surface area contributed by atoms with Crippen LogP contribution in [0.2, 0.25) is 0 Å². The van der Waals surface area contributed by atoms with Crippen molar-refractivity contribution in [2.24, 2.45) is 4.99 Å². The number of nitrogens with one attached hydrogen (secondary N) is 2. The summed E-state index contributed by atoms with van der Waals surface area (Å²) in [6.07, 6.45) is 5.17. The fourth-order valence-electron chi connectivity index (χ4n) is 2.22. The van der Waals surface area contributed by atoms with E-state index in [1.807, 2.05) is 25.1 Å². The summed E-state index contributed by atoms with van der Waals surface area (Å²) >= 11 is 0. The van der Waals surface area contributed by atoms with Crippen LogP contribution in [0, 0.1) is 6.92 Å². The van der Waals surface area contributed by atoms with E-state index in [2.05, 4.69) is 40.8 Å². The maximum absolute atomic E-state index is 5.88. The Morgan fingerprint density at radius 2 is 2.10 bits per heavy atom. The van der Waals surface area contributed by atoms with Gasteiger partial charge in [0.2, 0.25) is 0 Å². The third-order valence-corrected chi connectivity index (χ3v) is 3.42. The molecular weight excluding hydrogens is 262 g/mol. The van der Waals surface area contributed by atoms with Gasteiger partial charge in [-0.1, -0.05) is 30.4 Å². The van der Waals surface area contributed by atoms with Crippen LogP contribution in [0.5, 0.6) is 0 Å². The molecule has 4 nitrogen and oxygen atoms in total. The van der Waals surface area contributed by atoms with Crippen molar-refractivity contribution in [3.63, 3.8) is 0 Å². The van der Waals surface area contributed by atoms with Crippen molar-refractivity contribution in [3.05, 3.63) is 47.7 Å². The Balaban J connectivity index is 1.95. The van der Waals surface area contributed by atoms with Crippen LogP contribution in [0.25, 0.3) is 11.0 Å². The molecule has 4 heteroatoms. The van der Waals surface area contributed by atoms with Gasteiger partial charge >= 0.3 is 0 Å². The zero-order valence-electron chi connectivity index (χ0n) is 12.9. The summed E-state index contributed by atoms with van der Waals surface area (Å²) in [5, 5.41) is 7.73. The summed E-state index contributed by atoms with van der Waals surface area (Å²) in [4.78, 5) is 4.21. The van der Waals surface area contributed by atoms with Gasteiger partial charge in [-0.25, -0.2) is 0 Å². The third kappa shape index (κ3) is 3.88. The van der Waals surface area contributed by atoms with Gasteiger partial charge in [0, 0.05) is 24.5 Å². The lowest BCUT2D eigenvalue weighted by atomic mass is 10.1. The van der Waals surface area contributed by atoms with Crippen molar-refractivity contribution < 1.29 is 4.42 Å². The number of aliphatic imine (C=N–C) groups is 1. The lowest BCUT2D eigenvalue weighted by Crippen LogP contribution is -2.37. The molecule has 0 aliphatic heterocycles. The minimum atomic E-state index is 0.629. The fourth-order valence-corrected chi connectivity index (χ4v) is 2.22. The number of nitrogens with zero attached hydrogens (tertiary/aromatic N) is 1. The highest BCUT2D eigenvalue weighted by atomic mass is 16.3. The number of aryl methyl sites for hydroxylation is 1. The first-order chi connectivity index (χ1) is 10.3. The summed E-state index contributed by atoms with van der Waals surface area (Å²) in [7, 11) is 1.77. The molecule has 112 valence electrons. The highest BCUT2D eigenvalue weighted by molar-refractivity contribution is 5.82. The molecule has 0 bridgehead atoms. The SMILES string of the molecule is C/C=C/CCNC(=NC)NCc1oc2ccccc2c1C. The van der Waals surface area contributed by atoms with Crippen LogP contribution in [0.15, 0.2) is 45.8 Å². The van der Waals surface area contributed by atoms with E-state index < -0.39 is 0 Å². The summed E-state index contributed by atoms with van der Waals surface area (Å²) in [6, 6.07) is 8.10. The maximum atomic E-state index is 5.88. The molecule has 0 aliphatic rings. The minimum absolute atomic E-state index is 0.629.